The van der Waals surface area contributed by atoms with Crippen LogP contribution in [0.3, 0.4) is 0 Å². The van der Waals surface area contributed by atoms with Crippen LogP contribution >= 0.6 is 11.6 Å². The number of carbonyl (C=O) groups is 1. The number of carbonyl (C=O) groups excluding carboxylic acids is 1. The van der Waals surface area contributed by atoms with Gasteiger partial charge in [0.25, 0.3) is 0 Å². The second kappa shape index (κ2) is 10.8. The average Bonchev–Trinajstić information content (AvgIpc) is 2.89. The molecule has 1 saturated carbocycles. The first-order chi connectivity index (χ1) is 17.0. The van der Waals surface area contributed by atoms with E-state index in [1.165, 1.54) is 18.6 Å². The van der Waals surface area contributed by atoms with Crippen molar-refractivity contribution in [3.8, 4) is 5.75 Å². The van der Waals surface area contributed by atoms with Gasteiger partial charge in [-0.3, -0.25) is 9.69 Å². The number of amides is 1. The van der Waals surface area contributed by atoms with Crippen molar-refractivity contribution < 1.29 is 13.9 Å². The van der Waals surface area contributed by atoms with Crippen LogP contribution in [0, 0.1) is 11.7 Å². The van der Waals surface area contributed by atoms with Gasteiger partial charge in [0.2, 0.25) is 5.91 Å². The van der Waals surface area contributed by atoms with E-state index in [2.05, 4.69) is 20.8 Å². The first kappa shape index (κ1) is 24.4. The van der Waals surface area contributed by atoms with Crippen molar-refractivity contribution in [1.82, 2.24) is 4.90 Å². The van der Waals surface area contributed by atoms with E-state index >= 15 is 0 Å². The summed E-state index contributed by atoms with van der Waals surface area (Å²) in [6.07, 6.45) is 7.35. The SMILES string of the molecule is COc1cc(F)ccc1N1CCN(CC2CCc3c(Cl)cccc3N2C(=O)C2CCCCC2)CC1. The third-order valence-corrected chi connectivity index (χ3v) is 8.32. The second-order valence-corrected chi connectivity index (χ2v) is 10.5. The third kappa shape index (κ3) is 5.14. The Labute approximate surface area is 212 Å². The predicted octanol–water partition coefficient (Wildman–Crippen LogP) is 5.54. The number of anilines is 2. The third-order valence-electron chi connectivity index (χ3n) is 7.96. The van der Waals surface area contributed by atoms with Gasteiger partial charge >= 0.3 is 0 Å². The zero-order valence-corrected chi connectivity index (χ0v) is 21.3. The molecule has 2 fully saturated rings. The fourth-order valence-electron chi connectivity index (χ4n) is 6.06. The van der Waals surface area contributed by atoms with E-state index in [1.807, 2.05) is 12.1 Å². The summed E-state index contributed by atoms with van der Waals surface area (Å²) in [6.45, 7) is 4.33. The summed E-state index contributed by atoms with van der Waals surface area (Å²) in [7, 11) is 1.58. The first-order valence-electron chi connectivity index (χ1n) is 13.0. The Kier molecular flexibility index (Phi) is 7.49. The number of rotatable bonds is 5. The maximum Gasteiger partial charge on any atom is 0.230 e. The summed E-state index contributed by atoms with van der Waals surface area (Å²) in [6, 6.07) is 10.9. The van der Waals surface area contributed by atoms with Crippen molar-refractivity contribution in [2.45, 2.75) is 51.0 Å². The van der Waals surface area contributed by atoms with Crippen LogP contribution in [-0.4, -0.2) is 56.7 Å². The van der Waals surface area contributed by atoms with Gasteiger partial charge < -0.3 is 14.5 Å². The maximum absolute atomic E-state index is 13.8. The normalized spacial score (nSPS) is 21.6. The minimum atomic E-state index is -0.287. The molecular formula is C28H35ClFN3O2. The van der Waals surface area contributed by atoms with E-state index < -0.39 is 0 Å². The highest BCUT2D eigenvalue weighted by Gasteiger charge is 2.37. The van der Waals surface area contributed by atoms with Crippen LogP contribution in [-0.2, 0) is 11.2 Å². The molecule has 0 N–H and O–H groups in total. The number of ether oxygens (including phenoxy) is 1. The van der Waals surface area contributed by atoms with E-state index in [0.717, 1.165) is 93.2 Å². The Balaban J connectivity index is 1.30. The lowest BCUT2D eigenvalue weighted by atomic mass is 9.86. The van der Waals surface area contributed by atoms with Crippen LogP contribution in [0.2, 0.25) is 5.02 Å². The van der Waals surface area contributed by atoms with Crippen molar-refractivity contribution in [2.75, 3.05) is 49.6 Å². The van der Waals surface area contributed by atoms with E-state index in [4.69, 9.17) is 16.3 Å². The molecule has 0 bridgehead atoms. The lowest BCUT2D eigenvalue weighted by Crippen LogP contribution is -2.55. The fourth-order valence-corrected chi connectivity index (χ4v) is 6.32. The molecule has 2 aromatic carbocycles. The molecule has 2 heterocycles. The zero-order valence-electron chi connectivity index (χ0n) is 20.5. The number of hydrogen-bond donors (Lipinski definition) is 0. The minimum Gasteiger partial charge on any atom is -0.494 e. The minimum absolute atomic E-state index is 0.124. The van der Waals surface area contributed by atoms with Crippen LogP contribution in [0.1, 0.15) is 44.1 Å². The molecule has 1 aliphatic carbocycles. The lowest BCUT2D eigenvalue weighted by Gasteiger charge is -2.44. The summed E-state index contributed by atoms with van der Waals surface area (Å²) in [4.78, 5) is 20.7. The fraction of sp³-hybridized carbons (Fsp3) is 0.536. The van der Waals surface area contributed by atoms with Crippen molar-refractivity contribution in [2.24, 2.45) is 5.92 Å². The number of methoxy groups -OCH3 is 1. The van der Waals surface area contributed by atoms with Crippen molar-refractivity contribution in [1.29, 1.82) is 0 Å². The van der Waals surface area contributed by atoms with Gasteiger partial charge in [-0.25, -0.2) is 4.39 Å². The van der Waals surface area contributed by atoms with Crippen LogP contribution in [0.5, 0.6) is 5.75 Å². The monoisotopic (exact) mass is 499 g/mol. The maximum atomic E-state index is 13.8. The molecule has 5 rings (SSSR count). The van der Waals surface area contributed by atoms with E-state index in [0.29, 0.717) is 5.75 Å². The molecule has 35 heavy (non-hydrogen) atoms. The van der Waals surface area contributed by atoms with Gasteiger partial charge in [0.15, 0.2) is 0 Å². The second-order valence-electron chi connectivity index (χ2n) is 10.1. The molecule has 7 heteroatoms. The highest BCUT2D eigenvalue weighted by Crippen LogP contribution is 2.38. The lowest BCUT2D eigenvalue weighted by molar-refractivity contribution is -0.124. The quantitative estimate of drug-likeness (QED) is 0.541. The Morgan fingerprint density at radius 2 is 1.80 bits per heavy atom. The number of fused-ring (bicyclic) bond motifs is 1. The molecule has 5 nitrogen and oxygen atoms in total. The van der Waals surface area contributed by atoms with Gasteiger partial charge in [0, 0.05) is 61.5 Å². The van der Waals surface area contributed by atoms with Crippen molar-refractivity contribution >= 4 is 28.9 Å². The molecule has 1 atom stereocenters. The van der Waals surface area contributed by atoms with Gasteiger partial charge in [-0.2, -0.15) is 0 Å². The van der Waals surface area contributed by atoms with Gasteiger partial charge in [0.05, 0.1) is 12.8 Å². The topological polar surface area (TPSA) is 36.0 Å². The standard InChI is InChI=1S/C28H35ClFN3O2/c1-35-27-18-21(30)10-13-26(27)32-16-14-31(15-17-32)19-22-11-12-23-24(29)8-5-9-25(23)33(22)28(34)20-6-3-2-4-7-20/h5,8-10,13,18,20,22H,2-4,6-7,11-12,14-17,19H2,1H3. The van der Waals surface area contributed by atoms with Gasteiger partial charge in [0.1, 0.15) is 11.6 Å². The van der Waals surface area contributed by atoms with E-state index in [1.54, 1.807) is 13.2 Å². The van der Waals surface area contributed by atoms with E-state index in [-0.39, 0.29) is 23.7 Å². The summed E-state index contributed by atoms with van der Waals surface area (Å²) < 4.78 is 19.1. The number of piperazine rings is 1. The van der Waals surface area contributed by atoms with Crippen LogP contribution < -0.4 is 14.5 Å². The average molecular weight is 500 g/mol. The van der Waals surface area contributed by atoms with Crippen molar-refractivity contribution in [3.63, 3.8) is 0 Å². The summed E-state index contributed by atoms with van der Waals surface area (Å²) >= 11 is 6.56. The predicted molar refractivity (Wildman–Crippen MR) is 139 cm³/mol. The van der Waals surface area contributed by atoms with Crippen molar-refractivity contribution in [3.05, 3.63) is 52.8 Å². The molecule has 188 valence electrons. The molecule has 2 aliphatic heterocycles. The zero-order chi connectivity index (χ0) is 24.4. The molecule has 1 amide bonds. The Bertz CT molecular complexity index is 1050. The molecule has 3 aliphatic rings. The van der Waals surface area contributed by atoms with Crippen LogP contribution in [0.25, 0.3) is 0 Å². The molecular weight excluding hydrogens is 465 g/mol. The number of benzene rings is 2. The molecule has 0 radical (unpaired) electrons. The Morgan fingerprint density at radius 3 is 2.54 bits per heavy atom. The van der Waals surface area contributed by atoms with Crippen LogP contribution in [0.4, 0.5) is 15.8 Å². The molecule has 0 spiro atoms. The van der Waals surface area contributed by atoms with Gasteiger partial charge in [-0.15, -0.1) is 0 Å². The van der Waals surface area contributed by atoms with Gasteiger partial charge in [-0.05, 0) is 55.5 Å². The van der Waals surface area contributed by atoms with Crippen LogP contribution in [0.15, 0.2) is 36.4 Å². The number of halogens is 2. The van der Waals surface area contributed by atoms with Gasteiger partial charge in [-0.1, -0.05) is 36.9 Å². The smallest absolute Gasteiger partial charge is 0.230 e. The highest BCUT2D eigenvalue weighted by atomic mass is 35.5. The largest absolute Gasteiger partial charge is 0.494 e. The highest BCUT2D eigenvalue weighted by molar-refractivity contribution is 6.32. The number of hydrogen-bond acceptors (Lipinski definition) is 4. The molecule has 0 aromatic heterocycles. The number of nitrogens with zero attached hydrogens (tertiary/aromatic N) is 3. The van der Waals surface area contributed by atoms with E-state index in [9.17, 15) is 9.18 Å². The summed E-state index contributed by atoms with van der Waals surface area (Å²) in [5.74, 6) is 0.694. The summed E-state index contributed by atoms with van der Waals surface area (Å²) in [5.41, 5.74) is 3.06. The Hall–Kier alpha value is -2.31. The Morgan fingerprint density at radius 1 is 1.03 bits per heavy atom. The molecule has 1 unspecified atom stereocenters. The molecule has 2 aromatic rings. The summed E-state index contributed by atoms with van der Waals surface area (Å²) in [5, 5.41) is 0.768. The first-order valence-corrected chi connectivity index (χ1v) is 13.3. The molecule has 1 saturated heterocycles.